The van der Waals surface area contributed by atoms with Gasteiger partial charge >= 0.3 is 0 Å². The van der Waals surface area contributed by atoms with Crippen molar-refractivity contribution < 1.29 is 55.4 Å². The molecule has 0 aliphatic carbocycles. The molecule has 2 aliphatic rings. The van der Waals surface area contributed by atoms with Gasteiger partial charge in [-0.2, -0.15) is 0 Å². The highest BCUT2D eigenvalue weighted by molar-refractivity contribution is 6.34. The molecule has 10 rings (SSSR count). The number of aromatic amines is 2. The predicted molar refractivity (Wildman–Crippen MR) is 294 cm³/mol. The third kappa shape index (κ3) is 15.6. The maximum atomic E-state index is 13.5. The Morgan fingerprint density at radius 3 is 1.57 bits per heavy atom. The number of amides is 2. The van der Waals surface area contributed by atoms with Crippen molar-refractivity contribution in [2.24, 2.45) is 0 Å². The minimum atomic E-state index is -1.58. The number of aliphatic hydroxyl groups is 1. The zero-order valence-electron chi connectivity index (χ0n) is 43.5. The van der Waals surface area contributed by atoms with Crippen LogP contribution in [0.3, 0.4) is 0 Å². The molecule has 0 unspecified atom stereocenters. The highest BCUT2D eigenvalue weighted by Crippen LogP contribution is 2.34. The Bertz CT molecular complexity index is 3830. The number of ketones is 2. The van der Waals surface area contributed by atoms with Crippen LogP contribution in [0.1, 0.15) is 103 Å². The molecule has 16 nitrogen and oxygen atoms in total. The van der Waals surface area contributed by atoms with Crippen LogP contribution in [0.4, 0.5) is 37.7 Å². The number of fused-ring (bicyclic) bond motifs is 2. The minimum Gasteiger partial charge on any atom is -0.397 e. The molecule has 2 amide bonds. The van der Waals surface area contributed by atoms with Gasteiger partial charge in [0.15, 0.2) is 58.6 Å². The average molecular weight is 1130 g/mol. The molecule has 4 aromatic carbocycles. The number of allylic oxidation sites excluding steroid dienone is 2. The number of Topliss-reactive ketones (excluding diaryl/α,β-unsaturated/α-hetero) is 2. The van der Waals surface area contributed by atoms with Gasteiger partial charge in [0, 0.05) is 73.6 Å². The number of benzene rings is 4. The molecule has 0 fully saturated rings. The quantitative estimate of drug-likeness (QED) is 0.0202. The van der Waals surface area contributed by atoms with E-state index in [4.69, 9.17) is 5.11 Å². The Hall–Kier alpha value is -10.1. The fourth-order valence-electron chi connectivity index (χ4n) is 8.31. The summed E-state index contributed by atoms with van der Waals surface area (Å²) >= 11 is 0. The van der Waals surface area contributed by atoms with E-state index in [1.165, 1.54) is 42.9 Å². The summed E-state index contributed by atoms with van der Waals surface area (Å²) in [6.45, 7) is 1.50. The molecule has 8 aromatic rings. The number of rotatable bonds is 16. The van der Waals surface area contributed by atoms with Crippen molar-refractivity contribution in [1.82, 2.24) is 29.1 Å². The van der Waals surface area contributed by atoms with Gasteiger partial charge in [-0.15, -0.1) is 0 Å². The summed E-state index contributed by atoms with van der Waals surface area (Å²) in [4.78, 5) is 97.6. The van der Waals surface area contributed by atoms with Crippen LogP contribution in [0.2, 0.25) is 0 Å². The number of aldehydes is 1. The first-order chi connectivity index (χ1) is 39.5. The summed E-state index contributed by atoms with van der Waals surface area (Å²) in [6, 6.07) is 20.2. The highest BCUT2D eigenvalue weighted by atomic mass is 19.2. The molecule has 5 N–H and O–H groups in total. The third-order valence-electron chi connectivity index (χ3n) is 12.1. The van der Waals surface area contributed by atoms with Crippen LogP contribution in [0.15, 0.2) is 144 Å². The van der Waals surface area contributed by atoms with Gasteiger partial charge in [0.05, 0.1) is 36.2 Å². The molecular weight excluding hydrogens is 1070 g/mol. The molecule has 82 heavy (non-hydrogen) atoms. The molecule has 0 atom stereocenters. The van der Waals surface area contributed by atoms with Crippen LogP contribution < -0.4 is 21.8 Å². The smallest absolute Gasteiger partial charge is 0.261 e. The Kier molecular flexibility index (Phi) is 20.5. The fraction of sp³-hybridized carbons (Fsp3) is 0.150. The third-order valence-corrected chi connectivity index (χ3v) is 12.1. The Labute approximate surface area is 463 Å². The summed E-state index contributed by atoms with van der Waals surface area (Å²) in [5.41, 5.74) is 4.19. The van der Waals surface area contributed by atoms with E-state index in [1.54, 1.807) is 37.7 Å². The van der Waals surface area contributed by atoms with Crippen LogP contribution in [0.5, 0.6) is 0 Å². The van der Waals surface area contributed by atoms with Gasteiger partial charge in [0.25, 0.3) is 17.0 Å². The number of anilines is 2. The van der Waals surface area contributed by atoms with Crippen molar-refractivity contribution in [3.8, 4) is 0 Å². The van der Waals surface area contributed by atoms with Gasteiger partial charge in [-0.3, -0.25) is 33.6 Å². The molecule has 0 bridgehead atoms. The number of aliphatic hydroxyl groups excluding tert-OH is 1. The lowest BCUT2D eigenvalue weighted by atomic mass is 10.0. The molecule has 0 spiro atoms. The second kappa shape index (κ2) is 28.2. The number of imidazole rings is 2. The predicted octanol–water partition coefficient (Wildman–Crippen LogP) is 9.91. The highest BCUT2D eigenvalue weighted by Gasteiger charge is 2.25. The lowest BCUT2D eigenvalue weighted by molar-refractivity contribution is -0.115. The number of pyridine rings is 2. The topological polar surface area (TPSA) is 231 Å². The number of hydrogen-bond donors (Lipinski definition) is 5. The maximum Gasteiger partial charge on any atom is 0.261 e. The monoisotopic (exact) mass is 1120 g/mol. The number of nitrogens with zero attached hydrogens (tertiary/aromatic N) is 4. The molecule has 2 aliphatic heterocycles. The van der Waals surface area contributed by atoms with Gasteiger partial charge in [-0.25, -0.2) is 36.3 Å². The van der Waals surface area contributed by atoms with E-state index in [1.807, 2.05) is 54.6 Å². The molecule has 420 valence electrons. The number of H-pyrrole nitrogens is 2. The van der Waals surface area contributed by atoms with Crippen molar-refractivity contribution in [2.75, 3.05) is 17.2 Å². The summed E-state index contributed by atoms with van der Waals surface area (Å²) in [7, 11) is 0. The number of halogens is 6. The standard InChI is InChI=1S/C29H21F3N4O3.C25H19F3N2O3.C4H4N2O.C2H6O/c30-22-12-18(13-23(31)27(22)32)16-36-11-3-5-20(29(36)39)25(37)6-2-1-4-17-7-8-19-21(15-26-33-9-10-34-26)28(38)35-24(19)14-17;26-19-10-16(11-20(27)24(19)28)14-30-9-3-5-18(25(30)33)22(31)6-2-1-4-15-7-8-17-13-23(32)29-21(17)12-15;7-3-4-5-1-2-6-4;1-2-3/h1,3-5,7-15H,2,6,16H2,(H,33,34)(H,35,38);1,3-5,7-12H,2,6,13-14H2,(H,29,32);1-3H,(H,5,6);3H,2H2,1H3/b4-1+,21-15-;4-1+;;. The average Bonchev–Trinajstić information content (AvgIpc) is 4.49. The van der Waals surface area contributed by atoms with Crippen LogP contribution in [-0.4, -0.2) is 70.5 Å². The molecule has 0 saturated heterocycles. The summed E-state index contributed by atoms with van der Waals surface area (Å²) in [5, 5.41) is 13.2. The molecule has 6 heterocycles. The van der Waals surface area contributed by atoms with Crippen molar-refractivity contribution in [3.05, 3.63) is 246 Å². The minimum absolute atomic E-state index is 0.0331. The van der Waals surface area contributed by atoms with Gasteiger partial charge in [0.1, 0.15) is 5.82 Å². The first kappa shape index (κ1) is 59.6. The molecule has 22 heteroatoms. The van der Waals surface area contributed by atoms with E-state index in [9.17, 15) is 59.9 Å². The Morgan fingerprint density at radius 1 is 0.634 bits per heavy atom. The van der Waals surface area contributed by atoms with Gasteiger partial charge < -0.3 is 34.8 Å². The van der Waals surface area contributed by atoms with Gasteiger partial charge in [-0.1, -0.05) is 48.6 Å². The largest absolute Gasteiger partial charge is 0.397 e. The summed E-state index contributed by atoms with van der Waals surface area (Å²) in [6.07, 6.45) is 20.1. The lowest BCUT2D eigenvalue weighted by Crippen LogP contribution is -2.26. The van der Waals surface area contributed by atoms with Crippen molar-refractivity contribution in [3.63, 3.8) is 0 Å². The summed E-state index contributed by atoms with van der Waals surface area (Å²) < 4.78 is 82.6. The van der Waals surface area contributed by atoms with Crippen molar-refractivity contribution in [2.45, 2.75) is 52.1 Å². The van der Waals surface area contributed by atoms with Crippen LogP contribution in [-0.2, 0) is 29.1 Å². The number of aromatic nitrogens is 6. The summed E-state index contributed by atoms with van der Waals surface area (Å²) in [5.74, 6) is -8.62. The van der Waals surface area contributed by atoms with Crippen molar-refractivity contribution in [1.29, 1.82) is 0 Å². The first-order valence-electron chi connectivity index (χ1n) is 25.2. The molecule has 0 radical (unpaired) electrons. The number of carbonyl (C=O) groups is 5. The second-order valence-corrected chi connectivity index (χ2v) is 18.0. The van der Waals surface area contributed by atoms with E-state index >= 15 is 0 Å². The van der Waals surface area contributed by atoms with E-state index in [-0.39, 0.29) is 78.2 Å². The zero-order chi connectivity index (χ0) is 58.9. The number of nitrogens with one attached hydrogen (secondary N) is 4. The SMILES string of the molecule is CCO.O=C1Cc2ccc(/C=C/CCC(=O)c3cccn(Cc4cc(F)c(F)c(F)c4)c3=O)cc2N1.O=C1Nc2cc(/C=C/CCC(=O)c3cccn(Cc4cc(F)c(F)c(F)c4)c3=O)ccc2/C1=C/c1ncc[nH]1.O=Cc1ncc[nH]1. The maximum absolute atomic E-state index is 13.5. The van der Waals surface area contributed by atoms with Crippen LogP contribution in [0.25, 0.3) is 23.8 Å². The Balaban J connectivity index is 0.000000204. The van der Waals surface area contributed by atoms with Gasteiger partial charge in [0.2, 0.25) is 5.91 Å². The lowest BCUT2D eigenvalue weighted by Gasteiger charge is -2.08. The van der Waals surface area contributed by atoms with Crippen LogP contribution in [0, 0.1) is 34.9 Å². The van der Waals surface area contributed by atoms with Crippen LogP contribution >= 0.6 is 0 Å². The first-order valence-corrected chi connectivity index (χ1v) is 25.2. The van der Waals surface area contributed by atoms with E-state index in [0.29, 0.717) is 48.5 Å². The number of hydrogen-bond acceptors (Lipinski definition) is 10. The molecule has 4 aromatic heterocycles. The molecular formula is C60H50F6N8O8. The van der Waals surface area contributed by atoms with E-state index in [0.717, 1.165) is 61.3 Å². The molecule has 0 saturated carbocycles. The van der Waals surface area contributed by atoms with E-state index in [2.05, 4.69) is 30.6 Å². The number of carbonyl (C=O) groups excluding carboxylic acids is 5. The van der Waals surface area contributed by atoms with Crippen molar-refractivity contribution >= 4 is 64.8 Å². The fourth-order valence-corrected chi connectivity index (χ4v) is 8.31. The zero-order valence-corrected chi connectivity index (χ0v) is 43.5. The van der Waals surface area contributed by atoms with E-state index < -0.39 is 46.0 Å². The van der Waals surface area contributed by atoms with Gasteiger partial charge in [-0.05, 0) is 114 Å². The second-order valence-electron chi connectivity index (χ2n) is 18.0. The Morgan fingerprint density at radius 2 is 1.11 bits per heavy atom. The normalized spacial score (nSPS) is 12.6.